The first kappa shape index (κ1) is 12.4. The van der Waals surface area contributed by atoms with Gasteiger partial charge in [-0.1, -0.05) is 30.9 Å². The van der Waals surface area contributed by atoms with Crippen LogP contribution in [0.3, 0.4) is 0 Å². The van der Waals surface area contributed by atoms with Crippen molar-refractivity contribution in [2.75, 3.05) is 0 Å². The van der Waals surface area contributed by atoms with Gasteiger partial charge in [-0.05, 0) is 47.0 Å². The Kier molecular flexibility index (Phi) is 5.03. The zero-order chi connectivity index (χ0) is 11.3. The second-order valence-electron chi connectivity index (χ2n) is 3.11. The lowest BCUT2D eigenvalue weighted by molar-refractivity contribution is 0.688. The van der Waals surface area contributed by atoms with Gasteiger partial charge in [-0.3, -0.25) is 0 Å². The fourth-order valence-corrected chi connectivity index (χ4v) is 2.73. The second kappa shape index (κ2) is 6.06. The first-order chi connectivity index (χ1) is 7.15. The smallest absolute Gasteiger partial charge is 0.128 e. The van der Waals surface area contributed by atoms with Crippen LogP contribution in [-0.4, -0.2) is 4.21 Å². The third kappa shape index (κ3) is 3.78. The van der Waals surface area contributed by atoms with Crippen molar-refractivity contribution < 1.29 is 4.21 Å². The Morgan fingerprint density at radius 2 is 2.00 bits per heavy atom. The summed E-state index contributed by atoms with van der Waals surface area (Å²) in [5.74, 6) is 0. The van der Waals surface area contributed by atoms with Gasteiger partial charge in [0.1, 0.15) is 3.81 Å². The first-order valence-corrected chi connectivity index (χ1v) is 6.68. The summed E-state index contributed by atoms with van der Waals surface area (Å²) in [6, 6.07) is 9.36. The van der Waals surface area contributed by atoms with E-state index in [0.29, 0.717) is 3.81 Å². The number of rotatable bonds is 3. The monoisotopic (exact) mass is 284 g/mol. The highest BCUT2D eigenvalue weighted by molar-refractivity contribution is 9.13. The molecule has 0 amide bonds. The minimum atomic E-state index is -1.15. The minimum absolute atomic E-state index is 0.605. The highest BCUT2D eigenvalue weighted by Gasteiger charge is 2.05. The highest BCUT2D eigenvalue weighted by Crippen LogP contribution is 2.18. The quantitative estimate of drug-likeness (QED) is 0.768. The lowest BCUT2D eigenvalue weighted by atomic mass is 10.3. The van der Waals surface area contributed by atoms with E-state index in [9.17, 15) is 4.21 Å². The van der Waals surface area contributed by atoms with Crippen molar-refractivity contribution in [2.24, 2.45) is 0 Å². The van der Waals surface area contributed by atoms with Gasteiger partial charge >= 0.3 is 0 Å². The summed E-state index contributed by atoms with van der Waals surface area (Å²) in [5, 5.41) is 0. The van der Waals surface area contributed by atoms with Crippen LogP contribution in [0.5, 0.6) is 0 Å². The molecule has 0 heterocycles. The van der Waals surface area contributed by atoms with Crippen molar-refractivity contribution >= 4 is 26.7 Å². The van der Waals surface area contributed by atoms with Gasteiger partial charge in [0.15, 0.2) is 0 Å². The number of benzene rings is 1. The molecule has 0 spiro atoms. The lowest BCUT2D eigenvalue weighted by Gasteiger charge is -1.98. The number of hydrogen-bond acceptors (Lipinski definition) is 1. The Morgan fingerprint density at radius 3 is 2.53 bits per heavy atom. The summed E-state index contributed by atoms with van der Waals surface area (Å²) in [5.41, 5.74) is 4.17. The summed E-state index contributed by atoms with van der Waals surface area (Å²) < 4.78 is 12.6. The van der Waals surface area contributed by atoms with Gasteiger partial charge in [0.2, 0.25) is 0 Å². The van der Waals surface area contributed by atoms with E-state index in [-0.39, 0.29) is 0 Å². The van der Waals surface area contributed by atoms with E-state index in [4.69, 9.17) is 0 Å². The number of hydrogen-bond donors (Lipinski definition) is 0. The molecule has 1 atom stereocenters. The molecule has 80 valence electrons. The summed E-state index contributed by atoms with van der Waals surface area (Å²) >= 11 is 3.31. The van der Waals surface area contributed by atoms with Crippen molar-refractivity contribution in [1.29, 1.82) is 0 Å². The predicted octanol–water partition coefficient (Wildman–Crippen LogP) is 3.99. The Labute approximate surface area is 101 Å². The molecule has 0 aliphatic rings. The van der Waals surface area contributed by atoms with Gasteiger partial charge in [-0.15, -0.1) is 0 Å². The molecule has 1 rings (SSSR count). The Balaban J connectivity index is 3.02. The van der Waals surface area contributed by atoms with E-state index < -0.39 is 10.8 Å². The number of halogens is 1. The van der Waals surface area contributed by atoms with Gasteiger partial charge in [0.25, 0.3) is 0 Å². The average molecular weight is 285 g/mol. The second-order valence-corrected chi connectivity index (χ2v) is 5.85. The molecule has 0 aliphatic carbocycles. The summed E-state index contributed by atoms with van der Waals surface area (Å²) in [7, 11) is -1.15. The summed E-state index contributed by atoms with van der Waals surface area (Å²) in [6.45, 7) is 4.03. The number of allylic oxidation sites excluding steroid dienone is 1. The topological polar surface area (TPSA) is 17.1 Å². The molecule has 0 N–H and O–H groups in total. The van der Waals surface area contributed by atoms with E-state index in [2.05, 4.69) is 21.7 Å². The molecule has 0 bridgehead atoms. The Morgan fingerprint density at radius 1 is 1.40 bits per heavy atom. The zero-order valence-electron chi connectivity index (χ0n) is 8.79. The van der Waals surface area contributed by atoms with E-state index in [1.165, 1.54) is 0 Å². The molecule has 1 nitrogen and oxygen atoms in total. The Hall–Kier alpha value is -0.630. The first-order valence-electron chi connectivity index (χ1n) is 4.74. The predicted molar refractivity (Wildman–Crippen MR) is 68.3 cm³/mol. The molecule has 1 aromatic carbocycles. The van der Waals surface area contributed by atoms with E-state index >= 15 is 0 Å². The van der Waals surface area contributed by atoms with Gasteiger partial charge in [-0.2, -0.15) is 0 Å². The van der Waals surface area contributed by atoms with Gasteiger partial charge in [0.05, 0.1) is 10.8 Å². The zero-order valence-corrected chi connectivity index (χ0v) is 11.2. The Bertz CT molecular complexity index is 417. The maximum Gasteiger partial charge on any atom is 0.128 e. The molecule has 3 heteroatoms. The normalized spacial score (nSPS) is 11.7. The average Bonchev–Trinajstić information content (AvgIpc) is 2.29. The van der Waals surface area contributed by atoms with Gasteiger partial charge in [0, 0.05) is 4.90 Å². The molecular weight excluding hydrogens is 272 g/mol. The van der Waals surface area contributed by atoms with Crippen LogP contribution in [0, 0.1) is 0 Å². The fourth-order valence-electron chi connectivity index (χ4n) is 0.950. The fraction of sp³-hybridized carbons (Fsp3) is 0.250. The van der Waals surface area contributed by atoms with Crippen LogP contribution < -0.4 is 0 Å². The molecule has 0 aromatic heterocycles. The summed E-state index contributed by atoms with van der Waals surface area (Å²) in [6.07, 6.45) is 0.918. The van der Waals surface area contributed by atoms with E-state index in [1.54, 1.807) is 0 Å². The van der Waals surface area contributed by atoms with Crippen molar-refractivity contribution in [3.8, 4) is 0 Å². The van der Waals surface area contributed by atoms with Crippen LogP contribution in [0.25, 0.3) is 0 Å². The van der Waals surface area contributed by atoms with Crippen LogP contribution in [0.15, 0.2) is 50.3 Å². The lowest BCUT2D eigenvalue weighted by Crippen LogP contribution is -1.89. The molecule has 0 saturated carbocycles. The van der Waals surface area contributed by atoms with Crippen LogP contribution in [0.2, 0.25) is 0 Å². The molecular formula is C12H13BrOS. The third-order valence-electron chi connectivity index (χ3n) is 1.96. The van der Waals surface area contributed by atoms with E-state index in [1.807, 2.05) is 44.2 Å². The molecule has 15 heavy (non-hydrogen) atoms. The SMILES string of the molecule is CCC(C)=C=C(Br)S(=O)c1ccccc1. The van der Waals surface area contributed by atoms with Gasteiger partial charge < -0.3 is 0 Å². The third-order valence-corrected chi connectivity index (χ3v) is 4.17. The van der Waals surface area contributed by atoms with Crippen LogP contribution >= 0.6 is 15.9 Å². The molecule has 0 aliphatic heterocycles. The maximum atomic E-state index is 11.9. The molecule has 1 unspecified atom stereocenters. The van der Waals surface area contributed by atoms with E-state index in [0.717, 1.165) is 16.9 Å². The maximum absolute atomic E-state index is 11.9. The van der Waals surface area contributed by atoms with Crippen molar-refractivity contribution in [3.63, 3.8) is 0 Å². The highest BCUT2D eigenvalue weighted by atomic mass is 79.9. The minimum Gasteiger partial charge on any atom is -0.248 e. The standard InChI is InChI=1S/C12H13BrOS/c1-3-10(2)9-12(13)15(14)11-7-5-4-6-8-11/h4-8H,3H2,1-2H3. The van der Waals surface area contributed by atoms with Crippen LogP contribution in [-0.2, 0) is 10.8 Å². The molecule has 0 fully saturated rings. The van der Waals surface area contributed by atoms with Gasteiger partial charge in [-0.25, -0.2) is 4.21 Å². The van der Waals surface area contributed by atoms with Crippen molar-refractivity contribution in [1.82, 2.24) is 0 Å². The molecule has 0 saturated heterocycles. The van der Waals surface area contributed by atoms with Crippen LogP contribution in [0.4, 0.5) is 0 Å². The molecule has 0 radical (unpaired) electrons. The summed E-state index contributed by atoms with van der Waals surface area (Å²) in [4.78, 5) is 0.792. The van der Waals surface area contributed by atoms with Crippen molar-refractivity contribution in [3.05, 3.63) is 45.5 Å². The van der Waals surface area contributed by atoms with Crippen LogP contribution in [0.1, 0.15) is 20.3 Å². The largest absolute Gasteiger partial charge is 0.248 e. The molecule has 1 aromatic rings. The van der Waals surface area contributed by atoms with Crippen molar-refractivity contribution in [2.45, 2.75) is 25.2 Å².